The highest BCUT2D eigenvalue weighted by Crippen LogP contribution is 2.31. The molecule has 4 aromatic heterocycles. The van der Waals surface area contributed by atoms with Crippen LogP contribution in [0, 0.1) is 0 Å². The average Bonchev–Trinajstić information content (AvgIpc) is 3.52. The lowest BCUT2D eigenvalue weighted by Gasteiger charge is -2.32. The van der Waals surface area contributed by atoms with Crippen molar-refractivity contribution in [3.63, 3.8) is 0 Å². The number of alkyl halides is 1. The van der Waals surface area contributed by atoms with Gasteiger partial charge in [-0.25, -0.2) is 18.7 Å². The number of nitrogens with two attached hydrogens (primary N) is 1. The van der Waals surface area contributed by atoms with E-state index in [0.29, 0.717) is 54.8 Å². The van der Waals surface area contributed by atoms with Gasteiger partial charge in [0.05, 0.1) is 47.4 Å². The molecule has 3 aliphatic rings. The third-order valence-electron chi connectivity index (χ3n) is 11.5. The number of likely N-dealkylation sites (tertiary alicyclic amines) is 1. The third kappa shape index (κ3) is 7.17. The van der Waals surface area contributed by atoms with Gasteiger partial charge < -0.3 is 16.0 Å². The van der Waals surface area contributed by atoms with Gasteiger partial charge in [0, 0.05) is 56.7 Å². The fourth-order valence-corrected chi connectivity index (χ4v) is 8.18. The predicted octanol–water partition coefficient (Wildman–Crippen LogP) is 3.39. The summed E-state index contributed by atoms with van der Waals surface area (Å²) in [4.78, 5) is 69.3. The summed E-state index contributed by atoms with van der Waals surface area (Å²) >= 11 is 0. The number of nitrogens with one attached hydrogen (secondary N) is 2. The van der Waals surface area contributed by atoms with E-state index in [1.165, 1.54) is 15.3 Å². The topological polar surface area (TPSA) is 197 Å². The molecule has 3 fully saturated rings. The molecule has 0 radical (unpaired) electrons. The van der Waals surface area contributed by atoms with Gasteiger partial charge in [-0.05, 0) is 50.2 Å². The summed E-state index contributed by atoms with van der Waals surface area (Å²) in [6, 6.07) is 4.77. The molecule has 2 saturated heterocycles. The number of imide groups is 1. The number of anilines is 1. The SMILES string of the molecule is Cn1c(=O)n(C2CCC(=O)NC2=O)c2cccc(CCCCCCCC(=O)N3CCC(n4cc(-c5cnn6c(C(=O)N[C@@H]7C[C@@H]7F)cnc6c5N)cn4)CC3)c21. The van der Waals surface area contributed by atoms with Gasteiger partial charge in [0.25, 0.3) is 5.91 Å². The fraction of sp³-hybridized carbons (Fsp3) is 0.487. The molecular formula is C39H46FN11O5. The van der Waals surface area contributed by atoms with Gasteiger partial charge in [-0.15, -0.1) is 0 Å². The maximum absolute atomic E-state index is 13.3. The van der Waals surface area contributed by atoms with Crippen LogP contribution in [-0.2, 0) is 27.9 Å². The molecule has 4 amide bonds. The molecule has 16 nitrogen and oxygen atoms in total. The number of nitrogen functional groups attached to an aromatic ring is 1. The van der Waals surface area contributed by atoms with Crippen LogP contribution in [0.3, 0.4) is 0 Å². The lowest BCUT2D eigenvalue weighted by Crippen LogP contribution is -2.44. The van der Waals surface area contributed by atoms with Crippen LogP contribution in [-0.4, -0.2) is 87.3 Å². The van der Waals surface area contributed by atoms with Crippen molar-refractivity contribution in [2.24, 2.45) is 7.05 Å². The highest BCUT2D eigenvalue weighted by Gasteiger charge is 2.39. The number of hydrogen-bond acceptors (Lipinski definition) is 9. The van der Waals surface area contributed by atoms with Gasteiger partial charge in [-0.2, -0.15) is 10.2 Å². The summed E-state index contributed by atoms with van der Waals surface area (Å²) in [6.45, 7) is 1.33. The van der Waals surface area contributed by atoms with E-state index in [0.717, 1.165) is 68.0 Å². The Hall–Kier alpha value is -5.87. The molecule has 1 aromatic carbocycles. The molecule has 1 aliphatic carbocycles. The number of rotatable bonds is 13. The zero-order valence-electron chi connectivity index (χ0n) is 31.3. The number of aromatic nitrogens is 7. The van der Waals surface area contributed by atoms with Gasteiger partial charge >= 0.3 is 5.69 Å². The Balaban J connectivity index is 0.773. The fourth-order valence-electron chi connectivity index (χ4n) is 8.18. The first-order chi connectivity index (χ1) is 27.1. The number of benzene rings is 1. The normalized spacial score (nSPS) is 20.2. The molecule has 8 rings (SSSR count). The maximum atomic E-state index is 13.3. The number of nitrogens with zero attached hydrogens (tertiary/aromatic N) is 8. The second-order valence-corrected chi connectivity index (χ2v) is 15.2. The lowest BCUT2D eigenvalue weighted by atomic mass is 10.0. The van der Waals surface area contributed by atoms with Crippen molar-refractivity contribution in [1.82, 2.24) is 49.0 Å². The second kappa shape index (κ2) is 15.3. The zero-order chi connectivity index (χ0) is 39.1. The number of imidazole rings is 2. The highest BCUT2D eigenvalue weighted by molar-refractivity contribution is 6.00. The van der Waals surface area contributed by atoms with Crippen molar-refractivity contribution in [2.75, 3.05) is 18.8 Å². The number of aryl methyl sites for hydroxylation is 2. The summed E-state index contributed by atoms with van der Waals surface area (Å²) in [5.74, 6) is -1.02. The van der Waals surface area contributed by atoms with Gasteiger partial charge in [0.15, 0.2) is 11.3 Å². The number of carbonyl (C=O) groups excluding carboxylic acids is 4. The summed E-state index contributed by atoms with van der Waals surface area (Å²) in [5, 5.41) is 14.0. The second-order valence-electron chi connectivity index (χ2n) is 15.2. The molecule has 1 unspecified atom stereocenters. The maximum Gasteiger partial charge on any atom is 0.329 e. The summed E-state index contributed by atoms with van der Waals surface area (Å²) in [7, 11) is 1.73. The van der Waals surface area contributed by atoms with E-state index in [-0.39, 0.29) is 35.7 Å². The number of halogens is 1. The van der Waals surface area contributed by atoms with E-state index in [2.05, 4.69) is 25.8 Å². The Morgan fingerprint density at radius 2 is 1.77 bits per heavy atom. The van der Waals surface area contributed by atoms with Gasteiger partial charge in [0.1, 0.15) is 12.2 Å². The number of fused-ring (bicyclic) bond motifs is 2. The summed E-state index contributed by atoms with van der Waals surface area (Å²) < 4.78 is 19.7. The van der Waals surface area contributed by atoms with E-state index in [9.17, 15) is 28.4 Å². The van der Waals surface area contributed by atoms with Gasteiger partial charge in [-0.1, -0.05) is 31.4 Å². The predicted molar refractivity (Wildman–Crippen MR) is 204 cm³/mol. The van der Waals surface area contributed by atoms with E-state index in [1.54, 1.807) is 24.0 Å². The monoisotopic (exact) mass is 767 g/mol. The number of hydrogen-bond donors (Lipinski definition) is 3. The van der Waals surface area contributed by atoms with Crippen LogP contribution in [0.15, 0.2) is 47.8 Å². The van der Waals surface area contributed by atoms with Crippen molar-refractivity contribution in [1.29, 1.82) is 0 Å². The molecule has 4 N–H and O–H groups in total. The summed E-state index contributed by atoms with van der Waals surface area (Å²) in [5.41, 5.74) is 11.1. The number of para-hydroxylation sites is 1. The minimum Gasteiger partial charge on any atom is -0.395 e. The van der Waals surface area contributed by atoms with Crippen LogP contribution in [0.5, 0.6) is 0 Å². The minimum atomic E-state index is -1.02. The van der Waals surface area contributed by atoms with Crippen LogP contribution >= 0.6 is 0 Å². The standard InChI is InChI=1S/C39H46FN11O5/c1-47-35-23(9-7-10-29(35)50(39(47)56)30-12-13-32(52)46-37(30)54)8-5-3-2-4-6-11-33(53)48-16-14-25(15-17-48)49-22-24(19-43-49)26-20-44-51-31(21-42-36(51)34(26)41)38(55)45-28-18-27(28)40/h7,9-10,19-22,25,27-28,30H,2-6,8,11-18,41H2,1H3,(H,45,55)(H,46,52,54)/t27-,28+,30?/m0/s1. The van der Waals surface area contributed by atoms with E-state index in [1.807, 2.05) is 34.0 Å². The average molecular weight is 768 g/mol. The largest absolute Gasteiger partial charge is 0.395 e. The molecule has 3 atom stereocenters. The van der Waals surface area contributed by atoms with Crippen molar-refractivity contribution >= 4 is 46.0 Å². The molecule has 6 heterocycles. The first-order valence-corrected chi connectivity index (χ1v) is 19.5. The Kier molecular flexibility index (Phi) is 10.2. The molecular weight excluding hydrogens is 721 g/mol. The number of piperidine rings is 2. The van der Waals surface area contributed by atoms with E-state index >= 15 is 0 Å². The van der Waals surface area contributed by atoms with Crippen molar-refractivity contribution in [3.8, 4) is 11.1 Å². The lowest BCUT2D eigenvalue weighted by molar-refractivity contribution is -0.136. The minimum absolute atomic E-state index is 0.137. The molecule has 0 bridgehead atoms. The smallest absolute Gasteiger partial charge is 0.329 e. The molecule has 56 heavy (non-hydrogen) atoms. The molecule has 2 aliphatic heterocycles. The molecule has 1 saturated carbocycles. The highest BCUT2D eigenvalue weighted by atomic mass is 19.1. The van der Waals surface area contributed by atoms with Crippen LogP contribution in [0.1, 0.15) is 98.8 Å². The molecule has 294 valence electrons. The summed E-state index contributed by atoms with van der Waals surface area (Å²) in [6.07, 6.45) is 14.1. The molecule has 0 spiro atoms. The number of carbonyl (C=O) groups is 4. The van der Waals surface area contributed by atoms with Crippen LogP contribution in [0.2, 0.25) is 0 Å². The Labute approximate surface area is 321 Å². The van der Waals surface area contributed by atoms with E-state index < -0.39 is 30.1 Å². The van der Waals surface area contributed by atoms with Crippen LogP contribution in [0.25, 0.3) is 27.8 Å². The van der Waals surface area contributed by atoms with Gasteiger partial charge in [0.2, 0.25) is 17.7 Å². The zero-order valence-corrected chi connectivity index (χ0v) is 31.3. The number of unbranched alkanes of at least 4 members (excludes halogenated alkanes) is 4. The number of amides is 4. The van der Waals surface area contributed by atoms with Crippen LogP contribution in [0.4, 0.5) is 10.1 Å². The van der Waals surface area contributed by atoms with Crippen LogP contribution < -0.4 is 22.1 Å². The van der Waals surface area contributed by atoms with E-state index in [4.69, 9.17) is 5.73 Å². The van der Waals surface area contributed by atoms with Crippen molar-refractivity contribution in [2.45, 2.75) is 101 Å². The molecule has 5 aromatic rings. The van der Waals surface area contributed by atoms with Crippen molar-refractivity contribution < 1.29 is 23.6 Å². The third-order valence-corrected chi connectivity index (χ3v) is 11.5. The first-order valence-electron chi connectivity index (χ1n) is 19.5. The Bertz CT molecular complexity index is 2390. The first kappa shape index (κ1) is 37.1. The molecule has 17 heteroatoms. The quantitative estimate of drug-likeness (QED) is 0.119. The Morgan fingerprint density at radius 1 is 1.00 bits per heavy atom. The van der Waals surface area contributed by atoms with Crippen molar-refractivity contribution in [3.05, 3.63) is 64.7 Å². The Morgan fingerprint density at radius 3 is 2.54 bits per heavy atom. The van der Waals surface area contributed by atoms with Gasteiger partial charge in [-0.3, -0.25) is 38.3 Å².